The molecule has 2 rings (SSSR count). The highest BCUT2D eigenvalue weighted by Crippen LogP contribution is 2.12. The molecule has 0 radical (unpaired) electrons. The summed E-state index contributed by atoms with van der Waals surface area (Å²) in [5.41, 5.74) is 5.49. The summed E-state index contributed by atoms with van der Waals surface area (Å²) in [6.07, 6.45) is 4.39. The molecule has 6 heteroatoms. The topological polar surface area (TPSA) is 69.6 Å². The van der Waals surface area contributed by atoms with Gasteiger partial charge in [-0.25, -0.2) is 9.97 Å². The van der Waals surface area contributed by atoms with Crippen LogP contribution in [0.2, 0.25) is 0 Å². The molecule has 0 atom stereocenters. The molecular weight excluding hydrogens is 198 g/mol. The smallest absolute Gasteiger partial charge is 0.214 e. The van der Waals surface area contributed by atoms with Crippen molar-refractivity contribution in [3.8, 4) is 5.13 Å². The van der Waals surface area contributed by atoms with Crippen LogP contribution in [0.3, 0.4) is 0 Å². The highest BCUT2D eigenvalue weighted by Gasteiger charge is 2.07. The van der Waals surface area contributed by atoms with Crippen LogP contribution in [0.25, 0.3) is 5.13 Å². The largest absolute Gasteiger partial charge is 0.330 e. The molecule has 2 aromatic rings. The van der Waals surface area contributed by atoms with Gasteiger partial charge >= 0.3 is 0 Å². The van der Waals surface area contributed by atoms with Gasteiger partial charge in [0.2, 0.25) is 5.13 Å². The minimum atomic E-state index is 0.592. The number of aromatic nitrogens is 4. The molecule has 0 spiro atoms. The summed E-state index contributed by atoms with van der Waals surface area (Å²) in [6, 6.07) is 0. The summed E-state index contributed by atoms with van der Waals surface area (Å²) >= 11 is 1.37. The zero-order valence-corrected chi connectivity index (χ0v) is 8.66. The van der Waals surface area contributed by atoms with E-state index in [9.17, 15) is 0 Å². The van der Waals surface area contributed by atoms with Gasteiger partial charge in [0, 0.05) is 30.3 Å². The Bertz CT molecular complexity index is 419. The SMILES string of the molecule is Cc1nsc(-n2ccnc2CCN)n1. The fraction of sp³-hybridized carbons (Fsp3) is 0.375. The van der Waals surface area contributed by atoms with Crippen LogP contribution in [0, 0.1) is 6.92 Å². The van der Waals surface area contributed by atoms with Crippen molar-refractivity contribution in [1.29, 1.82) is 0 Å². The zero-order valence-electron chi connectivity index (χ0n) is 7.84. The van der Waals surface area contributed by atoms with Gasteiger partial charge < -0.3 is 5.73 Å². The second kappa shape index (κ2) is 3.85. The first-order valence-corrected chi connectivity index (χ1v) is 5.11. The molecule has 0 amide bonds. The molecule has 0 aliphatic heterocycles. The van der Waals surface area contributed by atoms with Gasteiger partial charge in [-0.2, -0.15) is 4.37 Å². The van der Waals surface area contributed by atoms with E-state index in [-0.39, 0.29) is 0 Å². The van der Waals surface area contributed by atoms with Gasteiger partial charge in [-0.15, -0.1) is 0 Å². The van der Waals surface area contributed by atoms with Gasteiger partial charge in [-0.1, -0.05) is 0 Å². The van der Waals surface area contributed by atoms with Gasteiger partial charge in [0.05, 0.1) is 0 Å². The molecule has 0 saturated carbocycles. The first-order chi connectivity index (χ1) is 6.81. The Hall–Kier alpha value is -1.27. The Morgan fingerprint density at radius 1 is 1.57 bits per heavy atom. The lowest BCUT2D eigenvalue weighted by molar-refractivity contribution is 0.831. The number of aryl methyl sites for hydroxylation is 1. The highest BCUT2D eigenvalue weighted by atomic mass is 32.1. The summed E-state index contributed by atoms with van der Waals surface area (Å²) in [5, 5.41) is 0.850. The van der Waals surface area contributed by atoms with Crippen LogP contribution in [0.1, 0.15) is 11.6 Å². The number of hydrogen-bond acceptors (Lipinski definition) is 5. The molecule has 0 unspecified atom stereocenters. The quantitative estimate of drug-likeness (QED) is 0.800. The van der Waals surface area contributed by atoms with Crippen LogP contribution >= 0.6 is 11.5 Å². The monoisotopic (exact) mass is 209 g/mol. The molecule has 0 bridgehead atoms. The lowest BCUT2D eigenvalue weighted by Crippen LogP contribution is -2.08. The Kier molecular flexibility index (Phi) is 2.55. The van der Waals surface area contributed by atoms with Crippen molar-refractivity contribution < 1.29 is 0 Å². The molecule has 0 aromatic carbocycles. The molecule has 0 aliphatic rings. The molecule has 0 fully saturated rings. The maximum atomic E-state index is 5.49. The third-order valence-corrected chi connectivity index (χ3v) is 2.62. The Morgan fingerprint density at radius 2 is 2.43 bits per heavy atom. The molecule has 74 valence electrons. The van der Waals surface area contributed by atoms with Crippen LogP contribution < -0.4 is 5.73 Å². The van der Waals surface area contributed by atoms with E-state index < -0.39 is 0 Å². The third kappa shape index (κ3) is 1.66. The number of hydrogen-bond donors (Lipinski definition) is 1. The van der Waals surface area contributed by atoms with Crippen LogP contribution in [0.15, 0.2) is 12.4 Å². The fourth-order valence-electron chi connectivity index (χ4n) is 1.21. The summed E-state index contributed by atoms with van der Waals surface area (Å²) < 4.78 is 6.05. The predicted molar refractivity (Wildman–Crippen MR) is 54.5 cm³/mol. The van der Waals surface area contributed by atoms with Gasteiger partial charge in [0.1, 0.15) is 11.6 Å². The lowest BCUT2D eigenvalue weighted by Gasteiger charge is -2.00. The normalized spacial score (nSPS) is 10.7. The maximum absolute atomic E-state index is 5.49. The highest BCUT2D eigenvalue weighted by molar-refractivity contribution is 7.08. The third-order valence-electron chi connectivity index (χ3n) is 1.81. The summed E-state index contributed by atoms with van der Waals surface area (Å²) in [5.74, 6) is 1.72. The van der Waals surface area contributed by atoms with Gasteiger partial charge in [-0.3, -0.25) is 4.57 Å². The van der Waals surface area contributed by atoms with E-state index in [2.05, 4.69) is 14.3 Å². The van der Waals surface area contributed by atoms with Crippen LogP contribution in [0.5, 0.6) is 0 Å². The number of nitrogens with two attached hydrogens (primary N) is 1. The summed E-state index contributed by atoms with van der Waals surface area (Å²) in [6.45, 7) is 2.47. The van der Waals surface area contributed by atoms with Gasteiger partial charge in [0.15, 0.2) is 0 Å². The van der Waals surface area contributed by atoms with Crippen molar-refractivity contribution in [3.05, 3.63) is 24.0 Å². The van der Waals surface area contributed by atoms with Crippen molar-refractivity contribution in [2.24, 2.45) is 5.73 Å². The second-order valence-electron chi connectivity index (χ2n) is 2.88. The minimum Gasteiger partial charge on any atom is -0.330 e. The Labute approximate surface area is 85.8 Å². The first-order valence-electron chi connectivity index (χ1n) is 4.34. The van der Waals surface area contributed by atoms with Crippen molar-refractivity contribution >= 4 is 11.5 Å². The van der Waals surface area contributed by atoms with Crippen LogP contribution in [-0.2, 0) is 6.42 Å². The zero-order chi connectivity index (χ0) is 9.97. The summed E-state index contributed by atoms with van der Waals surface area (Å²) in [4.78, 5) is 8.50. The average molecular weight is 209 g/mol. The van der Waals surface area contributed by atoms with E-state index in [1.807, 2.05) is 17.7 Å². The molecular formula is C8H11N5S. The minimum absolute atomic E-state index is 0.592. The van der Waals surface area contributed by atoms with Crippen molar-refractivity contribution in [2.75, 3.05) is 6.54 Å². The molecule has 5 nitrogen and oxygen atoms in total. The van der Waals surface area contributed by atoms with E-state index in [0.29, 0.717) is 6.54 Å². The average Bonchev–Trinajstić information content (AvgIpc) is 2.74. The molecule has 0 saturated heterocycles. The first kappa shape index (κ1) is 9.29. The van der Waals surface area contributed by atoms with Crippen LogP contribution in [0.4, 0.5) is 0 Å². The standard InChI is InChI=1S/C8H11N5S/c1-6-11-8(14-12-6)13-5-4-10-7(13)2-3-9/h4-5H,2-3,9H2,1H3. The van der Waals surface area contributed by atoms with E-state index in [1.54, 1.807) is 6.20 Å². The molecule has 2 heterocycles. The van der Waals surface area contributed by atoms with Crippen LogP contribution in [-0.4, -0.2) is 25.5 Å². The molecule has 14 heavy (non-hydrogen) atoms. The maximum Gasteiger partial charge on any atom is 0.214 e. The predicted octanol–water partition coefficient (Wildman–Crippen LogP) is 0.533. The molecule has 0 aliphatic carbocycles. The van der Waals surface area contributed by atoms with E-state index >= 15 is 0 Å². The van der Waals surface area contributed by atoms with Gasteiger partial charge in [0.25, 0.3) is 0 Å². The molecule has 2 N–H and O–H groups in total. The molecule has 2 aromatic heterocycles. The lowest BCUT2D eigenvalue weighted by atomic mass is 10.4. The van der Waals surface area contributed by atoms with E-state index in [4.69, 9.17) is 5.73 Å². The van der Waals surface area contributed by atoms with Crippen molar-refractivity contribution in [1.82, 2.24) is 18.9 Å². The Morgan fingerprint density at radius 3 is 3.07 bits per heavy atom. The van der Waals surface area contributed by atoms with E-state index in [0.717, 1.165) is 23.2 Å². The van der Waals surface area contributed by atoms with Gasteiger partial charge in [-0.05, 0) is 13.5 Å². The fourth-order valence-corrected chi connectivity index (χ4v) is 1.89. The van der Waals surface area contributed by atoms with Crippen molar-refractivity contribution in [3.63, 3.8) is 0 Å². The Balaban J connectivity index is 2.36. The van der Waals surface area contributed by atoms with Crippen molar-refractivity contribution in [2.45, 2.75) is 13.3 Å². The summed E-state index contributed by atoms with van der Waals surface area (Å²) in [7, 11) is 0. The second-order valence-corrected chi connectivity index (χ2v) is 3.61. The number of nitrogens with zero attached hydrogens (tertiary/aromatic N) is 4. The number of rotatable bonds is 3. The van der Waals surface area contributed by atoms with E-state index in [1.165, 1.54) is 11.5 Å². The number of imidazole rings is 1.